The van der Waals surface area contributed by atoms with Crippen molar-refractivity contribution in [1.29, 1.82) is 0 Å². The van der Waals surface area contributed by atoms with Crippen LogP contribution in [0.15, 0.2) is 12.1 Å². The van der Waals surface area contributed by atoms with Gasteiger partial charge in [-0.2, -0.15) is 0 Å². The van der Waals surface area contributed by atoms with Gasteiger partial charge in [0.25, 0.3) is 0 Å². The molecule has 0 atom stereocenters. The minimum atomic E-state index is -0.146. The average Bonchev–Trinajstić information content (AvgIpc) is 2.17. The van der Waals surface area contributed by atoms with Crippen LogP contribution in [0.25, 0.3) is 0 Å². The Balaban J connectivity index is 2.88. The van der Waals surface area contributed by atoms with Crippen LogP contribution in [0.3, 0.4) is 0 Å². The van der Waals surface area contributed by atoms with Gasteiger partial charge < -0.3 is 4.74 Å². The van der Waals surface area contributed by atoms with Gasteiger partial charge in [-0.05, 0) is 43.4 Å². The number of aryl methyl sites for hydroxylation is 2. The molecular formula is C14H20O2. The number of carbonyl (C=O) groups excluding carboxylic acids is 1. The first kappa shape index (κ1) is 12.8. The molecule has 0 aliphatic carbocycles. The number of hydrogen-bond donors (Lipinski definition) is 0. The molecule has 2 nitrogen and oxygen atoms in total. The van der Waals surface area contributed by atoms with E-state index in [0.29, 0.717) is 12.3 Å². The lowest BCUT2D eigenvalue weighted by atomic mass is 10.1. The first-order chi connectivity index (χ1) is 7.41. The molecule has 1 aromatic rings. The fraction of sp³-hybridized carbons (Fsp3) is 0.500. The van der Waals surface area contributed by atoms with Crippen molar-refractivity contribution in [2.75, 3.05) is 0 Å². The average molecular weight is 220 g/mol. The van der Waals surface area contributed by atoms with E-state index in [0.717, 1.165) is 22.4 Å². The lowest BCUT2D eigenvalue weighted by Crippen LogP contribution is -2.12. The zero-order valence-corrected chi connectivity index (χ0v) is 10.8. The van der Waals surface area contributed by atoms with Crippen LogP contribution in [-0.4, -0.2) is 5.97 Å². The van der Waals surface area contributed by atoms with Crippen LogP contribution in [0, 0.1) is 26.7 Å². The quantitative estimate of drug-likeness (QED) is 0.575. The van der Waals surface area contributed by atoms with E-state index in [1.165, 1.54) is 0 Å². The van der Waals surface area contributed by atoms with Gasteiger partial charge in [-0.1, -0.05) is 26.0 Å². The van der Waals surface area contributed by atoms with Crippen LogP contribution in [0.4, 0.5) is 0 Å². The molecule has 0 N–H and O–H groups in total. The van der Waals surface area contributed by atoms with Gasteiger partial charge >= 0.3 is 5.97 Å². The van der Waals surface area contributed by atoms with Gasteiger partial charge in [0.1, 0.15) is 5.75 Å². The van der Waals surface area contributed by atoms with Crippen LogP contribution in [0.2, 0.25) is 0 Å². The zero-order valence-electron chi connectivity index (χ0n) is 10.8. The zero-order chi connectivity index (χ0) is 12.3. The Morgan fingerprint density at radius 2 is 1.75 bits per heavy atom. The highest BCUT2D eigenvalue weighted by Crippen LogP contribution is 2.26. The van der Waals surface area contributed by atoms with E-state index in [1.807, 2.05) is 46.8 Å². The fourth-order valence-corrected chi connectivity index (χ4v) is 1.57. The van der Waals surface area contributed by atoms with Crippen molar-refractivity contribution in [3.63, 3.8) is 0 Å². The molecule has 16 heavy (non-hydrogen) atoms. The van der Waals surface area contributed by atoms with E-state index in [2.05, 4.69) is 0 Å². The minimum Gasteiger partial charge on any atom is -0.426 e. The molecule has 2 heteroatoms. The van der Waals surface area contributed by atoms with Crippen molar-refractivity contribution in [3.8, 4) is 5.75 Å². The highest BCUT2D eigenvalue weighted by molar-refractivity contribution is 5.73. The summed E-state index contributed by atoms with van der Waals surface area (Å²) in [5, 5.41) is 0. The maximum absolute atomic E-state index is 11.6. The maximum atomic E-state index is 11.6. The fourth-order valence-electron chi connectivity index (χ4n) is 1.57. The van der Waals surface area contributed by atoms with Crippen LogP contribution in [-0.2, 0) is 4.79 Å². The summed E-state index contributed by atoms with van der Waals surface area (Å²) in [7, 11) is 0. The third kappa shape index (κ3) is 3.09. The highest BCUT2D eigenvalue weighted by atomic mass is 16.5. The molecule has 0 saturated carbocycles. The molecule has 0 aliphatic heterocycles. The molecule has 0 bridgehead atoms. The van der Waals surface area contributed by atoms with E-state index in [4.69, 9.17) is 4.74 Å². The van der Waals surface area contributed by atoms with Gasteiger partial charge in [-0.3, -0.25) is 4.79 Å². The number of hydrogen-bond acceptors (Lipinski definition) is 2. The molecule has 1 rings (SSSR count). The lowest BCUT2D eigenvalue weighted by molar-refractivity contribution is -0.135. The number of carbonyl (C=O) groups is 1. The van der Waals surface area contributed by atoms with Crippen molar-refractivity contribution < 1.29 is 9.53 Å². The van der Waals surface area contributed by atoms with E-state index < -0.39 is 0 Å². The number of benzene rings is 1. The molecule has 88 valence electrons. The minimum absolute atomic E-state index is 0.146. The van der Waals surface area contributed by atoms with Gasteiger partial charge in [0, 0.05) is 6.42 Å². The summed E-state index contributed by atoms with van der Waals surface area (Å²) in [6, 6.07) is 4.03. The first-order valence-corrected chi connectivity index (χ1v) is 5.69. The van der Waals surface area contributed by atoms with E-state index in [-0.39, 0.29) is 5.97 Å². The largest absolute Gasteiger partial charge is 0.426 e. The Kier molecular flexibility index (Phi) is 4.11. The summed E-state index contributed by atoms with van der Waals surface area (Å²) in [5.74, 6) is 0.912. The van der Waals surface area contributed by atoms with Crippen molar-refractivity contribution in [3.05, 3.63) is 28.8 Å². The predicted octanol–water partition coefficient (Wildman–Crippen LogP) is 3.56. The molecule has 0 heterocycles. The highest BCUT2D eigenvalue weighted by Gasteiger charge is 2.12. The van der Waals surface area contributed by atoms with E-state index in [9.17, 15) is 4.79 Å². The molecular weight excluding hydrogens is 200 g/mol. The molecule has 0 aliphatic rings. The number of esters is 1. The normalized spacial score (nSPS) is 10.6. The van der Waals surface area contributed by atoms with Gasteiger partial charge in [-0.15, -0.1) is 0 Å². The topological polar surface area (TPSA) is 26.3 Å². The second-order valence-electron chi connectivity index (χ2n) is 4.73. The summed E-state index contributed by atoms with van der Waals surface area (Å²) in [5.41, 5.74) is 3.22. The Bertz CT molecular complexity index is 392. The molecule has 0 aromatic heterocycles. The van der Waals surface area contributed by atoms with Gasteiger partial charge in [-0.25, -0.2) is 0 Å². The predicted molar refractivity (Wildman–Crippen MR) is 65.7 cm³/mol. The summed E-state index contributed by atoms with van der Waals surface area (Å²) in [6.07, 6.45) is 0.465. The Labute approximate surface area is 97.6 Å². The van der Waals surface area contributed by atoms with Crippen molar-refractivity contribution in [1.82, 2.24) is 0 Å². The van der Waals surface area contributed by atoms with Crippen LogP contribution in [0.5, 0.6) is 5.75 Å². The smallest absolute Gasteiger partial charge is 0.311 e. The molecule has 1 aromatic carbocycles. The van der Waals surface area contributed by atoms with E-state index in [1.54, 1.807) is 0 Å². The second-order valence-corrected chi connectivity index (χ2v) is 4.73. The van der Waals surface area contributed by atoms with Crippen LogP contribution in [0.1, 0.15) is 37.0 Å². The maximum Gasteiger partial charge on any atom is 0.311 e. The second kappa shape index (κ2) is 5.15. The molecule has 0 spiro atoms. The summed E-state index contributed by atoms with van der Waals surface area (Å²) in [6.45, 7) is 9.99. The number of ether oxygens (including phenoxy) is 1. The molecule has 0 unspecified atom stereocenters. The standard InChI is InChI=1S/C14H20O2/c1-9(2)8-13(15)16-14-11(4)7-6-10(3)12(14)5/h6-7,9H,8H2,1-5H3. The SMILES string of the molecule is Cc1ccc(C)c(OC(=O)CC(C)C)c1C. The van der Waals surface area contributed by atoms with Crippen LogP contribution >= 0.6 is 0 Å². The van der Waals surface area contributed by atoms with Crippen molar-refractivity contribution in [2.24, 2.45) is 5.92 Å². The summed E-state index contributed by atoms with van der Waals surface area (Å²) in [4.78, 5) is 11.6. The molecule has 0 radical (unpaired) electrons. The van der Waals surface area contributed by atoms with E-state index >= 15 is 0 Å². The first-order valence-electron chi connectivity index (χ1n) is 5.69. The third-order valence-electron chi connectivity index (χ3n) is 2.66. The van der Waals surface area contributed by atoms with Crippen molar-refractivity contribution in [2.45, 2.75) is 41.0 Å². The lowest BCUT2D eigenvalue weighted by Gasteiger charge is -2.13. The third-order valence-corrected chi connectivity index (χ3v) is 2.66. The monoisotopic (exact) mass is 220 g/mol. The summed E-state index contributed by atoms with van der Waals surface area (Å²) >= 11 is 0. The van der Waals surface area contributed by atoms with Gasteiger partial charge in [0.05, 0.1) is 0 Å². The Morgan fingerprint density at radius 1 is 1.19 bits per heavy atom. The molecule has 0 amide bonds. The molecule has 0 fully saturated rings. The van der Waals surface area contributed by atoms with Crippen LogP contribution < -0.4 is 4.74 Å². The Hall–Kier alpha value is -1.31. The number of rotatable bonds is 3. The van der Waals surface area contributed by atoms with Crippen molar-refractivity contribution >= 4 is 5.97 Å². The summed E-state index contributed by atoms with van der Waals surface area (Å²) < 4.78 is 5.43. The Morgan fingerprint density at radius 3 is 2.31 bits per heavy atom. The van der Waals surface area contributed by atoms with Gasteiger partial charge in [0.15, 0.2) is 0 Å². The van der Waals surface area contributed by atoms with Gasteiger partial charge in [0.2, 0.25) is 0 Å². The molecule has 0 saturated heterocycles.